The molecule has 3 N–H and O–H groups in total. The van der Waals surface area contributed by atoms with Gasteiger partial charge in [-0.15, -0.1) is 0 Å². The zero-order valence-electron chi connectivity index (χ0n) is 10.3. The Kier molecular flexibility index (Phi) is 4.43. The molecular weight excluding hydrogens is 359 g/mol. The van der Waals surface area contributed by atoms with Crippen LogP contribution in [0.15, 0.2) is 34.7 Å². The van der Waals surface area contributed by atoms with Gasteiger partial charge >= 0.3 is 0 Å². The summed E-state index contributed by atoms with van der Waals surface area (Å²) in [7, 11) is 0. The molecule has 0 unspecified atom stereocenters. The van der Waals surface area contributed by atoms with Crippen LogP contribution in [0.2, 0.25) is 0 Å². The van der Waals surface area contributed by atoms with Crippen molar-refractivity contribution in [3.05, 3.63) is 51.0 Å². The fourth-order valence-electron chi connectivity index (χ4n) is 1.63. The van der Waals surface area contributed by atoms with E-state index in [-0.39, 0.29) is 12.5 Å². The highest BCUT2D eigenvalue weighted by molar-refractivity contribution is 14.1. The van der Waals surface area contributed by atoms with Gasteiger partial charge in [0.1, 0.15) is 23.9 Å². The Balaban J connectivity index is 2.09. The van der Waals surface area contributed by atoms with Crippen LogP contribution < -0.4 is 16.0 Å². The minimum Gasteiger partial charge on any atom is -0.485 e. The number of nitrogen functional groups attached to an aromatic ring is 1. The third-order valence-corrected chi connectivity index (χ3v) is 3.44. The van der Waals surface area contributed by atoms with Crippen LogP contribution in [0.5, 0.6) is 5.75 Å². The Morgan fingerprint density at radius 3 is 2.89 bits per heavy atom. The smallest absolute Gasteiger partial charge is 0.268 e. The number of benzene rings is 1. The van der Waals surface area contributed by atoms with Gasteiger partial charge in [0.25, 0.3) is 5.91 Å². The highest BCUT2D eigenvalue weighted by Gasteiger charge is 2.14. The van der Waals surface area contributed by atoms with Crippen molar-refractivity contribution in [2.75, 3.05) is 0 Å². The molecule has 0 saturated carbocycles. The third-order valence-electron chi connectivity index (χ3n) is 2.55. The molecular formula is C13H13IN2O3. The molecule has 100 valence electrons. The second kappa shape index (κ2) is 6.07. The molecule has 1 amide bonds. The fourth-order valence-corrected chi connectivity index (χ4v) is 2.17. The van der Waals surface area contributed by atoms with Crippen LogP contribution in [-0.2, 0) is 6.61 Å². The van der Waals surface area contributed by atoms with E-state index >= 15 is 0 Å². The molecule has 0 aliphatic rings. The molecule has 0 aliphatic heterocycles. The first kappa shape index (κ1) is 13.9. The number of carbonyl (C=O) groups excluding carboxylic acids is 1. The molecule has 6 heteroatoms. The summed E-state index contributed by atoms with van der Waals surface area (Å²) in [6.45, 7) is 1.97. The number of ether oxygens (including phenoxy) is 1. The van der Waals surface area contributed by atoms with Crippen molar-refractivity contribution in [3.8, 4) is 5.75 Å². The summed E-state index contributed by atoms with van der Waals surface area (Å²) in [5.74, 6) is 6.60. The van der Waals surface area contributed by atoms with Crippen molar-refractivity contribution in [1.29, 1.82) is 0 Å². The van der Waals surface area contributed by atoms with Gasteiger partial charge in [-0.1, -0.05) is 12.1 Å². The monoisotopic (exact) mass is 372 g/mol. The van der Waals surface area contributed by atoms with E-state index in [9.17, 15) is 4.79 Å². The van der Waals surface area contributed by atoms with Gasteiger partial charge in [-0.25, -0.2) is 5.84 Å². The van der Waals surface area contributed by atoms with E-state index in [0.717, 1.165) is 9.32 Å². The Morgan fingerprint density at radius 2 is 2.21 bits per heavy atom. The van der Waals surface area contributed by atoms with Crippen LogP contribution >= 0.6 is 22.6 Å². The van der Waals surface area contributed by atoms with Crippen LogP contribution in [0.25, 0.3) is 0 Å². The van der Waals surface area contributed by atoms with Crippen molar-refractivity contribution in [2.24, 2.45) is 5.84 Å². The molecule has 1 heterocycles. The number of hydrogen-bond acceptors (Lipinski definition) is 4. The Morgan fingerprint density at radius 1 is 1.47 bits per heavy atom. The maximum atomic E-state index is 11.4. The predicted molar refractivity (Wildman–Crippen MR) is 78.6 cm³/mol. The molecule has 5 nitrogen and oxygen atoms in total. The lowest BCUT2D eigenvalue weighted by atomic mass is 10.2. The molecule has 0 spiro atoms. The number of aryl methyl sites for hydroxylation is 1. The van der Waals surface area contributed by atoms with Gasteiger partial charge in [0.15, 0.2) is 0 Å². The lowest BCUT2D eigenvalue weighted by Gasteiger charge is -2.05. The lowest BCUT2D eigenvalue weighted by molar-refractivity contribution is 0.0952. The molecule has 0 atom stereocenters. The van der Waals surface area contributed by atoms with Crippen molar-refractivity contribution < 1.29 is 13.9 Å². The van der Waals surface area contributed by atoms with Gasteiger partial charge in [0.05, 0.1) is 9.13 Å². The Bertz CT molecular complexity index is 595. The molecule has 2 rings (SSSR count). The van der Waals surface area contributed by atoms with Crippen molar-refractivity contribution in [1.82, 2.24) is 5.43 Å². The predicted octanol–water partition coefficient (Wildman–Crippen LogP) is 2.38. The van der Waals surface area contributed by atoms with Gasteiger partial charge in [0.2, 0.25) is 0 Å². The average Bonchev–Trinajstić information content (AvgIpc) is 2.78. The molecule has 1 aromatic carbocycles. The first-order chi connectivity index (χ1) is 9.11. The van der Waals surface area contributed by atoms with E-state index < -0.39 is 0 Å². The maximum absolute atomic E-state index is 11.4. The van der Waals surface area contributed by atoms with Gasteiger partial charge in [-0.3, -0.25) is 10.2 Å². The van der Waals surface area contributed by atoms with Crippen LogP contribution in [0.4, 0.5) is 0 Å². The third kappa shape index (κ3) is 3.27. The van der Waals surface area contributed by atoms with Gasteiger partial charge in [0, 0.05) is 0 Å². The number of nitrogens with one attached hydrogen (secondary N) is 1. The van der Waals surface area contributed by atoms with Crippen molar-refractivity contribution >= 4 is 28.5 Å². The molecule has 0 saturated heterocycles. The highest BCUT2D eigenvalue weighted by Crippen LogP contribution is 2.22. The average molecular weight is 372 g/mol. The number of para-hydroxylation sites is 1. The zero-order valence-corrected chi connectivity index (χ0v) is 12.4. The summed E-state index contributed by atoms with van der Waals surface area (Å²) in [4.78, 5) is 11.4. The molecule has 0 radical (unpaired) electrons. The molecule has 1 aromatic heterocycles. The van der Waals surface area contributed by atoms with Gasteiger partial charge in [-0.05, 0) is 47.7 Å². The first-order valence-electron chi connectivity index (χ1n) is 5.59. The second-order valence-corrected chi connectivity index (χ2v) is 5.04. The first-order valence-corrected chi connectivity index (χ1v) is 6.67. The quantitative estimate of drug-likeness (QED) is 0.374. The van der Waals surface area contributed by atoms with Crippen LogP contribution in [0.3, 0.4) is 0 Å². The number of hydrogen-bond donors (Lipinski definition) is 2. The molecule has 0 fully saturated rings. The summed E-state index contributed by atoms with van der Waals surface area (Å²) in [6.07, 6.45) is 0. The number of carbonyl (C=O) groups is 1. The number of amides is 1. The van der Waals surface area contributed by atoms with E-state index in [1.807, 2.05) is 24.3 Å². The number of nitrogens with two attached hydrogens (primary N) is 1. The maximum Gasteiger partial charge on any atom is 0.268 e. The largest absolute Gasteiger partial charge is 0.485 e. The molecule has 0 aliphatic carbocycles. The minimum absolute atomic E-state index is 0.263. The fraction of sp³-hybridized carbons (Fsp3) is 0.154. The number of hydrazine groups is 1. The minimum atomic E-state index is -0.373. The summed E-state index contributed by atoms with van der Waals surface area (Å²) in [6, 6.07) is 9.31. The molecule has 2 aromatic rings. The number of halogens is 1. The van der Waals surface area contributed by atoms with Crippen molar-refractivity contribution in [3.63, 3.8) is 0 Å². The summed E-state index contributed by atoms with van der Waals surface area (Å²) in [5, 5.41) is 0. The number of rotatable bonds is 4. The summed E-state index contributed by atoms with van der Waals surface area (Å²) >= 11 is 2.20. The standard InChI is InChI=1S/C13H13IN2O3/c1-8-10(13(17)16-15)6-9(19-8)7-18-12-5-3-2-4-11(12)14/h2-6H,7,15H2,1H3,(H,16,17). The summed E-state index contributed by atoms with van der Waals surface area (Å²) in [5.41, 5.74) is 2.50. The Hall–Kier alpha value is -1.54. The van der Waals surface area contributed by atoms with E-state index in [4.69, 9.17) is 15.0 Å². The molecule has 19 heavy (non-hydrogen) atoms. The lowest BCUT2D eigenvalue weighted by Crippen LogP contribution is -2.30. The molecule has 0 bridgehead atoms. The van der Waals surface area contributed by atoms with E-state index in [2.05, 4.69) is 28.0 Å². The van der Waals surface area contributed by atoms with Crippen LogP contribution in [0.1, 0.15) is 21.9 Å². The topological polar surface area (TPSA) is 77.5 Å². The highest BCUT2D eigenvalue weighted by atomic mass is 127. The summed E-state index contributed by atoms with van der Waals surface area (Å²) < 4.78 is 12.1. The van der Waals surface area contributed by atoms with Crippen molar-refractivity contribution in [2.45, 2.75) is 13.5 Å². The van der Waals surface area contributed by atoms with E-state index in [1.165, 1.54) is 0 Å². The van der Waals surface area contributed by atoms with E-state index in [0.29, 0.717) is 17.1 Å². The van der Waals surface area contributed by atoms with Gasteiger partial charge < -0.3 is 9.15 Å². The van der Waals surface area contributed by atoms with E-state index in [1.54, 1.807) is 13.0 Å². The Labute approximate surface area is 124 Å². The van der Waals surface area contributed by atoms with Crippen LogP contribution in [0, 0.1) is 10.5 Å². The SMILES string of the molecule is Cc1oc(COc2ccccc2I)cc1C(=O)NN. The van der Waals surface area contributed by atoms with Crippen LogP contribution in [-0.4, -0.2) is 5.91 Å². The van der Waals surface area contributed by atoms with Gasteiger partial charge in [-0.2, -0.15) is 0 Å². The second-order valence-electron chi connectivity index (χ2n) is 3.88. The normalized spacial score (nSPS) is 10.3. The number of furan rings is 1. The zero-order chi connectivity index (χ0) is 13.8.